The number of rotatable bonds is 3. The molecule has 0 aromatic carbocycles. The molecule has 2 amide bonds. The molecular formula is C16H22F3N5O3. The minimum absolute atomic E-state index is 0.182. The Morgan fingerprint density at radius 1 is 1.11 bits per heavy atom. The van der Waals surface area contributed by atoms with E-state index in [4.69, 9.17) is 4.74 Å². The fourth-order valence-electron chi connectivity index (χ4n) is 2.36. The molecule has 0 aliphatic carbocycles. The van der Waals surface area contributed by atoms with E-state index >= 15 is 0 Å². The van der Waals surface area contributed by atoms with E-state index in [0.717, 1.165) is 12.4 Å². The van der Waals surface area contributed by atoms with Crippen molar-refractivity contribution in [3.8, 4) is 0 Å². The highest BCUT2D eigenvalue weighted by Crippen LogP contribution is 2.28. The van der Waals surface area contributed by atoms with E-state index in [0.29, 0.717) is 26.2 Å². The van der Waals surface area contributed by atoms with Crippen molar-refractivity contribution in [1.29, 1.82) is 0 Å². The number of alkyl carbamates (subject to hydrolysis) is 1. The van der Waals surface area contributed by atoms with Gasteiger partial charge in [0, 0.05) is 38.6 Å². The Balaban J connectivity index is 1.81. The van der Waals surface area contributed by atoms with E-state index in [2.05, 4.69) is 15.3 Å². The van der Waals surface area contributed by atoms with Crippen LogP contribution in [0.3, 0.4) is 0 Å². The van der Waals surface area contributed by atoms with Gasteiger partial charge >= 0.3 is 12.3 Å². The van der Waals surface area contributed by atoms with Gasteiger partial charge in [-0.25, -0.2) is 14.8 Å². The Kier molecular flexibility index (Phi) is 6.11. The SMILES string of the molecule is CC(C)(C)OC(=O)NCC(=O)N1CCN(c2ncc(C(F)(F)F)cn2)CC1. The van der Waals surface area contributed by atoms with Crippen LogP contribution in [0.15, 0.2) is 12.4 Å². The first kappa shape index (κ1) is 20.7. The van der Waals surface area contributed by atoms with Crippen LogP contribution in [-0.4, -0.2) is 65.2 Å². The standard InChI is InChI=1S/C16H22F3N5O3/c1-15(2,3)27-14(26)22-10-12(25)23-4-6-24(7-5-23)13-20-8-11(9-21-13)16(17,18)19/h8-9H,4-7,10H2,1-3H3,(H,22,26). The first-order valence-corrected chi connectivity index (χ1v) is 8.34. The van der Waals surface area contributed by atoms with Crippen LogP contribution in [0.2, 0.25) is 0 Å². The third-order valence-corrected chi connectivity index (χ3v) is 3.66. The molecule has 1 aliphatic rings. The highest BCUT2D eigenvalue weighted by atomic mass is 19.4. The number of amides is 2. The Morgan fingerprint density at radius 3 is 2.15 bits per heavy atom. The maximum Gasteiger partial charge on any atom is 0.419 e. The van der Waals surface area contributed by atoms with Crippen LogP contribution < -0.4 is 10.2 Å². The van der Waals surface area contributed by atoms with Gasteiger partial charge in [0.1, 0.15) is 12.1 Å². The number of hydrogen-bond acceptors (Lipinski definition) is 6. The number of nitrogens with one attached hydrogen (secondary N) is 1. The Bertz CT molecular complexity index is 665. The topological polar surface area (TPSA) is 87.7 Å². The van der Waals surface area contributed by atoms with Crippen LogP contribution in [0.5, 0.6) is 0 Å². The molecule has 11 heteroatoms. The van der Waals surface area contributed by atoms with Gasteiger partial charge in [-0.3, -0.25) is 4.79 Å². The molecule has 1 saturated heterocycles. The maximum atomic E-state index is 12.5. The third kappa shape index (κ3) is 6.26. The quantitative estimate of drug-likeness (QED) is 0.846. The first-order chi connectivity index (χ1) is 12.5. The van der Waals surface area contributed by atoms with Gasteiger partial charge in [0.25, 0.3) is 0 Å². The van der Waals surface area contributed by atoms with Crippen molar-refractivity contribution < 1.29 is 27.5 Å². The van der Waals surface area contributed by atoms with E-state index in [1.54, 1.807) is 30.6 Å². The van der Waals surface area contributed by atoms with Crippen LogP contribution in [0.1, 0.15) is 26.3 Å². The summed E-state index contributed by atoms with van der Waals surface area (Å²) in [6, 6.07) is 0. The minimum Gasteiger partial charge on any atom is -0.444 e. The number of carbonyl (C=O) groups excluding carboxylic acids is 2. The number of halogens is 3. The molecule has 2 rings (SSSR count). The molecule has 27 heavy (non-hydrogen) atoms. The minimum atomic E-state index is -4.48. The fourth-order valence-corrected chi connectivity index (χ4v) is 2.36. The Labute approximate surface area is 154 Å². The molecule has 1 aromatic heterocycles. The zero-order valence-corrected chi connectivity index (χ0v) is 15.3. The summed E-state index contributed by atoms with van der Waals surface area (Å²) in [6.07, 6.45) is -3.67. The van der Waals surface area contributed by atoms with Gasteiger partial charge in [-0.2, -0.15) is 13.2 Å². The normalized spacial score (nSPS) is 15.5. The van der Waals surface area contributed by atoms with Gasteiger partial charge in [0.2, 0.25) is 11.9 Å². The lowest BCUT2D eigenvalue weighted by Crippen LogP contribution is -2.51. The van der Waals surface area contributed by atoms with Crippen LogP contribution in [0.25, 0.3) is 0 Å². The number of carbonyl (C=O) groups is 2. The van der Waals surface area contributed by atoms with Crippen molar-refractivity contribution in [1.82, 2.24) is 20.2 Å². The second kappa shape index (κ2) is 7.97. The number of alkyl halides is 3. The van der Waals surface area contributed by atoms with Gasteiger partial charge in [-0.1, -0.05) is 0 Å². The van der Waals surface area contributed by atoms with Crippen LogP contribution in [0.4, 0.5) is 23.9 Å². The number of anilines is 1. The van der Waals surface area contributed by atoms with Crippen molar-refractivity contribution in [3.63, 3.8) is 0 Å². The number of aromatic nitrogens is 2. The van der Waals surface area contributed by atoms with E-state index in [1.807, 2.05) is 0 Å². The van der Waals surface area contributed by atoms with Crippen LogP contribution >= 0.6 is 0 Å². The van der Waals surface area contributed by atoms with E-state index in [9.17, 15) is 22.8 Å². The van der Waals surface area contributed by atoms with Crippen molar-refractivity contribution >= 4 is 17.9 Å². The molecule has 150 valence electrons. The summed E-state index contributed by atoms with van der Waals surface area (Å²) in [4.78, 5) is 34.5. The average molecular weight is 389 g/mol. The largest absolute Gasteiger partial charge is 0.444 e. The second-order valence-electron chi connectivity index (χ2n) is 6.99. The van der Waals surface area contributed by atoms with Gasteiger partial charge in [-0.15, -0.1) is 0 Å². The van der Waals surface area contributed by atoms with Crippen molar-refractivity contribution in [2.45, 2.75) is 32.5 Å². The lowest BCUT2D eigenvalue weighted by molar-refractivity contribution is -0.138. The molecule has 0 saturated carbocycles. The molecule has 0 bridgehead atoms. The molecular weight excluding hydrogens is 367 g/mol. The van der Waals surface area contributed by atoms with Crippen LogP contribution in [-0.2, 0) is 15.7 Å². The molecule has 1 N–H and O–H groups in total. The predicted molar refractivity (Wildman–Crippen MR) is 90.1 cm³/mol. The Hall–Kier alpha value is -2.59. The summed E-state index contributed by atoms with van der Waals surface area (Å²) < 4.78 is 42.7. The number of nitrogens with zero attached hydrogens (tertiary/aromatic N) is 4. The maximum absolute atomic E-state index is 12.5. The second-order valence-corrected chi connectivity index (χ2v) is 6.99. The lowest BCUT2D eigenvalue weighted by Gasteiger charge is -2.34. The van der Waals surface area contributed by atoms with E-state index < -0.39 is 23.4 Å². The van der Waals surface area contributed by atoms with Crippen molar-refractivity contribution in [3.05, 3.63) is 18.0 Å². The van der Waals surface area contributed by atoms with Gasteiger partial charge in [0.05, 0.1) is 5.56 Å². The van der Waals surface area contributed by atoms with E-state index in [1.165, 1.54) is 0 Å². The molecule has 0 unspecified atom stereocenters. The highest BCUT2D eigenvalue weighted by molar-refractivity contribution is 5.82. The summed E-state index contributed by atoms with van der Waals surface area (Å²) in [5.41, 5.74) is -1.56. The summed E-state index contributed by atoms with van der Waals surface area (Å²) in [7, 11) is 0. The molecule has 1 aliphatic heterocycles. The average Bonchev–Trinajstić information content (AvgIpc) is 2.58. The summed E-state index contributed by atoms with van der Waals surface area (Å²) in [5, 5.41) is 2.40. The lowest BCUT2D eigenvalue weighted by atomic mass is 10.2. The third-order valence-electron chi connectivity index (χ3n) is 3.66. The van der Waals surface area contributed by atoms with Crippen LogP contribution in [0, 0.1) is 0 Å². The Morgan fingerprint density at radius 2 is 1.67 bits per heavy atom. The van der Waals surface area contributed by atoms with Crippen molar-refractivity contribution in [2.24, 2.45) is 0 Å². The molecule has 0 radical (unpaired) electrons. The van der Waals surface area contributed by atoms with E-state index in [-0.39, 0.29) is 18.4 Å². The molecule has 2 heterocycles. The summed E-state index contributed by atoms with van der Waals surface area (Å²) in [5.74, 6) is -0.0872. The van der Waals surface area contributed by atoms with Gasteiger partial charge in [-0.05, 0) is 20.8 Å². The molecule has 0 atom stereocenters. The predicted octanol–water partition coefficient (Wildman–Crippen LogP) is 1.67. The van der Waals surface area contributed by atoms with Gasteiger partial charge in [0.15, 0.2) is 0 Å². The highest BCUT2D eigenvalue weighted by Gasteiger charge is 2.32. The fraction of sp³-hybridized carbons (Fsp3) is 0.625. The number of piperazine rings is 1. The monoisotopic (exact) mass is 389 g/mol. The zero-order chi connectivity index (χ0) is 20.2. The molecule has 1 fully saturated rings. The first-order valence-electron chi connectivity index (χ1n) is 8.34. The molecule has 8 nitrogen and oxygen atoms in total. The number of ether oxygens (including phenoxy) is 1. The van der Waals surface area contributed by atoms with Gasteiger partial charge < -0.3 is 19.9 Å². The molecule has 0 spiro atoms. The number of hydrogen-bond donors (Lipinski definition) is 1. The zero-order valence-electron chi connectivity index (χ0n) is 15.3. The summed E-state index contributed by atoms with van der Waals surface area (Å²) in [6.45, 7) is 6.42. The smallest absolute Gasteiger partial charge is 0.419 e. The molecule has 1 aromatic rings. The summed E-state index contributed by atoms with van der Waals surface area (Å²) >= 11 is 0. The van der Waals surface area contributed by atoms with Crippen molar-refractivity contribution in [2.75, 3.05) is 37.6 Å².